The largest absolute Gasteiger partial charge is 0.488 e. The summed E-state index contributed by atoms with van der Waals surface area (Å²) in [6.45, 7) is 2.49. The van der Waals surface area contributed by atoms with Gasteiger partial charge in [0.05, 0.1) is 0 Å². The molecule has 2 aromatic rings. The summed E-state index contributed by atoms with van der Waals surface area (Å²) in [4.78, 5) is 0. The topological polar surface area (TPSA) is 35.2 Å². The summed E-state index contributed by atoms with van der Waals surface area (Å²) in [6, 6.07) is 10.9. The summed E-state index contributed by atoms with van der Waals surface area (Å²) in [5, 5.41) is 0. The van der Waals surface area contributed by atoms with E-state index in [0.717, 1.165) is 35.3 Å². The van der Waals surface area contributed by atoms with Crippen molar-refractivity contribution >= 4 is 0 Å². The lowest BCUT2D eigenvalue weighted by Crippen LogP contribution is -2.30. The summed E-state index contributed by atoms with van der Waals surface area (Å²) in [6.07, 6.45) is 1.95. The van der Waals surface area contributed by atoms with Crippen LogP contribution >= 0.6 is 0 Å². The van der Waals surface area contributed by atoms with Gasteiger partial charge in [0.2, 0.25) is 0 Å². The first-order valence-corrected chi connectivity index (χ1v) is 6.94. The zero-order valence-corrected chi connectivity index (χ0v) is 11.5. The lowest BCUT2D eigenvalue weighted by molar-refractivity contribution is 0.182. The van der Waals surface area contributed by atoms with Crippen molar-refractivity contribution in [2.75, 3.05) is 6.54 Å². The van der Waals surface area contributed by atoms with E-state index < -0.39 is 0 Å². The SMILES string of the molecule is Cc1ccc(F)cc1-c1cccc2c1O[C@@H](CN)CC2. The van der Waals surface area contributed by atoms with Gasteiger partial charge in [-0.15, -0.1) is 0 Å². The van der Waals surface area contributed by atoms with Gasteiger partial charge in [-0.05, 0) is 48.6 Å². The third kappa shape index (κ3) is 2.29. The molecule has 0 saturated carbocycles. The van der Waals surface area contributed by atoms with Crippen molar-refractivity contribution < 1.29 is 9.13 Å². The van der Waals surface area contributed by atoms with Crippen LogP contribution in [0.2, 0.25) is 0 Å². The first-order chi connectivity index (χ1) is 9.69. The van der Waals surface area contributed by atoms with Crippen molar-refractivity contribution in [1.82, 2.24) is 0 Å². The zero-order chi connectivity index (χ0) is 14.1. The first-order valence-electron chi connectivity index (χ1n) is 6.94. The summed E-state index contributed by atoms with van der Waals surface area (Å²) in [7, 11) is 0. The number of ether oxygens (including phenoxy) is 1. The first kappa shape index (κ1) is 13.1. The highest BCUT2D eigenvalue weighted by Gasteiger charge is 2.22. The Hall–Kier alpha value is -1.87. The number of hydrogen-bond donors (Lipinski definition) is 1. The van der Waals surface area contributed by atoms with Crippen LogP contribution in [-0.4, -0.2) is 12.6 Å². The Morgan fingerprint density at radius 2 is 2.10 bits per heavy atom. The van der Waals surface area contributed by atoms with Crippen LogP contribution in [0.1, 0.15) is 17.5 Å². The molecule has 0 bridgehead atoms. The highest BCUT2D eigenvalue weighted by atomic mass is 19.1. The van der Waals surface area contributed by atoms with Crippen molar-refractivity contribution in [2.24, 2.45) is 5.73 Å². The Kier molecular flexibility index (Phi) is 3.45. The number of halogens is 1. The van der Waals surface area contributed by atoms with E-state index >= 15 is 0 Å². The Balaban J connectivity index is 2.13. The monoisotopic (exact) mass is 271 g/mol. The molecule has 1 heterocycles. The molecule has 0 spiro atoms. The number of aryl methyl sites for hydroxylation is 2. The fourth-order valence-corrected chi connectivity index (χ4v) is 2.73. The molecule has 0 amide bonds. The van der Waals surface area contributed by atoms with E-state index in [0.29, 0.717) is 6.54 Å². The minimum absolute atomic E-state index is 0.0533. The molecule has 2 N–H and O–H groups in total. The second kappa shape index (κ2) is 5.25. The maximum Gasteiger partial charge on any atom is 0.130 e. The highest BCUT2D eigenvalue weighted by Crippen LogP contribution is 2.39. The van der Waals surface area contributed by atoms with Crippen molar-refractivity contribution in [3.8, 4) is 16.9 Å². The molecule has 3 rings (SSSR count). The van der Waals surface area contributed by atoms with E-state index in [1.165, 1.54) is 11.6 Å². The molecule has 0 saturated heterocycles. The van der Waals surface area contributed by atoms with E-state index in [9.17, 15) is 4.39 Å². The van der Waals surface area contributed by atoms with Crippen LogP contribution in [0.4, 0.5) is 4.39 Å². The van der Waals surface area contributed by atoms with Crippen LogP contribution in [0.25, 0.3) is 11.1 Å². The second-order valence-electron chi connectivity index (χ2n) is 5.27. The summed E-state index contributed by atoms with van der Waals surface area (Å²) < 4.78 is 19.6. The summed E-state index contributed by atoms with van der Waals surface area (Å²) >= 11 is 0. The van der Waals surface area contributed by atoms with E-state index in [1.54, 1.807) is 12.1 Å². The van der Waals surface area contributed by atoms with Gasteiger partial charge in [0.1, 0.15) is 17.7 Å². The molecule has 0 fully saturated rings. The lowest BCUT2D eigenvalue weighted by atomic mass is 9.93. The molecule has 1 aliphatic heterocycles. The fourth-order valence-electron chi connectivity index (χ4n) is 2.73. The fraction of sp³-hybridized carbons (Fsp3) is 0.294. The normalized spacial score (nSPS) is 17.4. The molecule has 3 heteroatoms. The second-order valence-corrected chi connectivity index (χ2v) is 5.27. The average Bonchev–Trinajstić information content (AvgIpc) is 2.48. The molecule has 0 aliphatic carbocycles. The van der Waals surface area contributed by atoms with Gasteiger partial charge in [0.25, 0.3) is 0 Å². The van der Waals surface area contributed by atoms with Crippen LogP contribution in [0.3, 0.4) is 0 Å². The van der Waals surface area contributed by atoms with Gasteiger partial charge in [0.15, 0.2) is 0 Å². The van der Waals surface area contributed by atoms with Crippen molar-refractivity contribution in [2.45, 2.75) is 25.9 Å². The van der Waals surface area contributed by atoms with Crippen molar-refractivity contribution in [3.05, 3.63) is 53.3 Å². The van der Waals surface area contributed by atoms with Gasteiger partial charge in [-0.2, -0.15) is 0 Å². The molecular formula is C17H18FNO. The summed E-state index contributed by atoms with van der Waals surface area (Å²) in [5.41, 5.74) is 9.78. The van der Waals surface area contributed by atoms with Gasteiger partial charge in [0, 0.05) is 12.1 Å². The molecule has 1 aliphatic rings. The quantitative estimate of drug-likeness (QED) is 0.908. The lowest BCUT2D eigenvalue weighted by Gasteiger charge is -2.27. The molecule has 1 atom stereocenters. The molecule has 0 unspecified atom stereocenters. The van der Waals surface area contributed by atoms with Crippen LogP contribution in [0, 0.1) is 12.7 Å². The smallest absolute Gasteiger partial charge is 0.130 e. The minimum Gasteiger partial charge on any atom is -0.488 e. The van der Waals surface area contributed by atoms with Crippen LogP contribution in [-0.2, 0) is 6.42 Å². The molecule has 2 nitrogen and oxygen atoms in total. The van der Waals surface area contributed by atoms with Crippen molar-refractivity contribution in [3.63, 3.8) is 0 Å². The Morgan fingerprint density at radius 3 is 2.90 bits per heavy atom. The standard InChI is InChI=1S/C17H18FNO/c1-11-5-7-13(18)9-16(11)15-4-2-3-12-6-8-14(10-19)20-17(12)15/h2-5,7,9,14H,6,8,10,19H2,1H3/t14-/m1/s1. The maximum absolute atomic E-state index is 13.5. The third-order valence-corrected chi connectivity index (χ3v) is 3.87. The van der Waals surface area contributed by atoms with E-state index in [2.05, 4.69) is 6.07 Å². The molecule has 2 aromatic carbocycles. The third-order valence-electron chi connectivity index (χ3n) is 3.87. The number of fused-ring (bicyclic) bond motifs is 1. The Morgan fingerprint density at radius 1 is 1.25 bits per heavy atom. The molecule has 20 heavy (non-hydrogen) atoms. The number of benzene rings is 2. The number of hydrogen-bond acceptors (Lipinski definition) is 2. The predicted molar refractivity (Wildman–Crippen MR) is 78.4 cm³/mol. The number of rotatable bonds is 2. The molecule has 0 aromatic heterocycles. The van der Waals surface area contributed by atoms with Crippen molar-refractivity contribution in [1.29, 1.82) is 0 Å². The van der Waals surface area contributed by atoms with Gasteiger partial charge in [-0.25, -0.2) is 4.39 Å². The van der Waals surface area contributed by atoms with E-state index in [1.807, 2.05) is 19.1 Å². The van der Waals surface area contributed by atoms with Gasteiger partial charge in [-0.3, -0.25) is 0 Å². The van der Waals surface area contributed by atoms with Gasteiger partial charge < -0.3 is 10.5 Å². The molecule has 104 valence electrons. The molecular weight excluding hydrogens is 253 g/mol. The number of nitrogens with two attached hydrogens (primary N) is 1. The summed E-state index contributed by atoms with van der Waals surface area (Å²) in [5.74, 6) is 0.636. The highest BCUT2D eigenvalue weighted by molar-refractivity contribution is 5.75. The van der Waals surface area contributed by atoms with Crippen LogP contribution in [0.5, 0.6) is 5.75 Å². The maximum atomic E-state index is 13.5. The predicted octanol–water partition coefficient (Wildman–Crippen LogP) is 3.45. The Bertz CT molecular complexity index is 639. The van der Waals surface area contributed by atoms with E-state index in [-0.39, 0.29) is 11.9 Å². The van der Waals surface area contributed by atoms with E-state index in [4.69, 9.17) is 10.5 Å². The molecule has 0 radical (unpaired) electrons. The zero-order valence-electron chi connectivity index (χ0n) is 11.5. The number of para-hydroxylation sites is 1. The van der Waals surface area contributed by atoms with Gasteiger partial charge >= 0.3 is 0 Å². The average molecular weight is 271 g/mol. The van der Waals surface area contributed by atoms with Crippen LogP contribution in [0.15, 0.2) is 36.4 Å². The minimum atomic E-state index is -0.227. The van der Waals surface area contributed by atoms with Gasteiger partial charge in [-0.1, -0.05) is 24.3 Å². The Labute approximate surface area is 118 Å². The van der Waals surface area contributed by atoms with Crippen LogP contribution < -0.4 is 10.5 Å².